The number of rotatable bonds is 2. The van der Waals surface area contributed by atoms with Crippen molar-refractivity contribution in [1.29, 1.82) is 0 Å². The zero-order valence-electron chi connectivity index (χ0n) is 10.2. The van der Waals surface area contributed by atoms with E-state index in [0.29, 0.717) is 0 Å². The normalized spacial score (nSPS) is 17.0. The quantitative estimate of drug-likeness (QED) is 0.814. The summed E-state index contributed by atoms with van der Waals surface area (Å²) >= 11 is 0. The zero-order chi connectivity index (χ0) is 11.4. The average molecular weight is 219 g/mol. The molecule has 1 aromatic carbocycles. The highest BCUT2D eigenvalue weighted by molar-refractivity contribution is 5.58. The molecule has 1 N–H and O–H groups in total. The first-order chi connectivity index (χ1) is 7.77. The maximum atomic E-state index is 3.43. The van der Waals surface area contributed by atoms with Crippen LogP contribution < -0.4 is 15.1 Å². The first kappa shape index (κ1) is 11.3. The number of anilines is 2. The molecule has 0 atom stereocenters. The number of nitrogens with zero attached hydrogens (tertiary/aromatic N) is 2. The summed E-state index contributed by atoms with van der Waals surface area (Å²) in [6.07, 6.45) is 1.23. The van der Waals surface area contributed by atoms with Gasteiger partial charge in [-0.05, 0) is 31.2 Å². The molecule has 3 heteroatoms. The maximum absolute atomic E-state index is 3.43. The predicted octanol–water partition coefficient (Wildman–Crippen LogP) is 1.55. The fourth-order valence-electron chi connectivity index (χ4n) is 2.07. The van der Waals surface area contributed by atoms with Gasteiger partial charge in [-0.25, -0.2) is 0 Å². The van der Waals surface area contributed by atoms with E-state index in [0.717, 1.165) is 26.2 Å². The van der Waals surface area contributed by atoms with E-state index in [-0.39, 0.29) is 0 Å². The molecule has 1 aliphatic heterocycles. The van der Waals surface area contributed by atoms with Crippen molar-refractivity contribution in [2.24, 2.45) is 0 Å². The lowest BCUT2D eigenvalue weighted by atomic mass is 10.2. The third-order valence-corrected chi connectivity index (χ3v) is 3.05. The van der Waals surface area contributed by atoms with Crippen molar-refractivity contribution in [3.05, 3.63) is 24.3 Å². The lowest BCUT2D eigenvalue weighted by Crippen LogP contribution is -2.27. The summed E-state index contributed by atoms with van der Waals surface area (Å²) in [6.45, 7) is 4.50. The molecule has 0 radical (unpaired) electrons. The molecule has 1 aliphatic rings. The SMILES string of the molecule is CN(C)c1cccc(N2CCCNCC2)c1. The van der Waals surface area contributed by atoms with E-state index in [2.05, 4.69) is 53.5 Å². The largest absolute Gasteiger partial charge is 0.378 e. The van der Waals surface area contributed by atoms with Crippen LogP contribution in [0.5, 0.6) is 0 Å². The van der Waals surface area contributed by atoms with Crippen LogP contribution in [0, 0.1) is 0 Å². The second kappa shape index (κ2) is 5.21. The van der Waals surface area contributed by atoms with E-state index in [9.17, 15) is 0 Å². The molecule has 0 amide bonds. The van der Waals surface area contributed by atoms with Crippen molar-refractivity contribution in [3.63, 3.8) is 0 Å². The second-order valence-corrected chi connectivity index (χ2v) is 4.50. The van der Waals surface area contributed by atoms with Crippen LogP contribution >= 0.6 is 0 Å². The second-order valence-electron chi connectivity index (χ2n) is 4.50. The summed E-state index contributed by atoms with van der Waals surface area (Å²) in [4.78, 5) is 4.62. The average Bonchev–Trinajstić information content (AvgIpc) is 2.57. The minimum absolute atomic E-state index is 1.09. The number of hydrogen-bond donors (Lipinski definition) is 1. The van der Waals surface area contributed by atoms with Gasteiger partial charge in [0.1, 0.15) is 0 Å². The third kappa shape index (κ3) is 2.67. The van der Waals surface area contributed by atoms with Gasteiger partial charge in [-0.3, -0.25) is 0 Å². The van der Waals surface area contributed by atoms with Gasteiger partial charge in [-0.2, -0.15) is 0 Å². The monoisotopic (exact) mass is 219 g/mol. The Morgan fingerprint density at radius 1 is 1.19 bits per heavy atom. The van der Waals surface area contributed by atoms with Crippen molar-refractivity contribution in [2.75, 3.05) is 50.1 Å². The van der Waals surface area contributed by atoms with E-state index < -0.39 is 0 Å². The van der Waals surface area contributed by atoms with Gasteiger partial charge in [0.05, 0.1) is 0 Å². The third-order valence-electron chi connectivity index (χ3n) is 3.05. The van der Waals surface area contributed by atoms with E-state index in [4.69, 9.17) is 0 Å². The van der Waals surface area contributed by atoms with Gasteiger partial charge in [-0.1, -0.05) is 6.07 Å². The standard InChI is InChI=1S/C13H21N3/c1-15(2)12-5-3-6-13(11-12)16-9-4-7-14-8-10-16/h3,5-6,11,14H,4,7-10H2,1-2H3. The summed E-state index contributed by atoms with van der Waals surface area (Å²) in [7, 11) is 4.17. The summed E-state index contributed by atoms with van der Waals surface area (Å²) in [5.74, 6) is 0. The minimum atomic E-state index is 1.09. The Morgan fingerprint density at radius 2 is 2.06 bits per heavy atom. The van der Waals surface area contributed by atoms with Crippen LogP contribution in [0.15, 0.2) is 24.3 Å². The summed E-state index contributed by atoms with van der Waals surface area (Å²) < 4.78 is 0. The topological polar surface area (TPSA) is 18.5 Å². The predicted molar refractivity (Wildman–Crippen MR) is 70.5 cm³/mol. The molecule has 1 fully saturated rings. The molecule has 16 heavy (non-hydrogen) atoms. The minimum Gasteiger partial charge on any atom is -0.378 e. The molecule has 3 nitrogen and oxygen atoms in total. The van der Waals surface area contributed by atoms with Gasteiger partial charge in [0.2, 0.25) is 0 Å². The molecule has 2 rings (SSSR count). The Kier molecular flexibility index (Phi) is 3.67. The van der Waals surface area contributed by atoms with Crippen LogP contribution in [0.25, 0.3) is 0 Å². The summed E-state index contributed by atoms with van der Waals surface area (Å²) in [5, 5.41) is 3.43. The fourth-order valence-corrected chi connectivity index (χ4v) is 2.07. The lowest BCUT2D eigenvalue weighted by Gasteiger charge is -2.24. The van der Waals surface area contributed by atoms with Gasteiger partial charge < -0.3 is 15.1 Å². The Balaban J connectivity index is 2.15. The van der Waals surface area contributed by atoms with E-state index in [1.165, 1.54) is 17.8 Å². The molecule has 0 aromatic heterocycles. The highest BCUT2D eigenvalue weighted by Gasteiger charge is 2.09. The Hall–Kier alpha value is -1.22. The summed E-state index contributed by atoms with van der Waals surface area (Å²) in [5.41, 5.74) is 2.62. The van der Waals surface area contributed by atoms with Crippen molar-refractivity contribution < 1.29 is 0 Å². The van der Waals surface area contributed by atoms with Crippen LogP contribution in [-0.4, -0.2) is 40.3 Å². The molecular formula is C13H21N3. The van der Waals surface area contributed by atoms with Crippen LogP contribution in [-0.2, 0) is 0 Å². The maximum Gasteiger partial charge on any atom is 0.0387 e. The van der Waals surface area contributed by atoms with Crippen LogP contribution in [0.1, 0.15) is 6.42 Å². The Labute approximate surface area is 98.0 Å². The lowest BCUT2D eigenvalue weighted by molar-refractivity contribution is 0.724. The Morgan fingerprint density at radius 3 is 2.88 bits per heavy atom. The molecular weight excluding hydrogens is 198 g/mol. The number of benzene rings is 1. The van der Waals surface area contributed by atoms with Crippen LogP contribution in [0.4, 0.5) is 11.4 Å². The molecule has 0 saturated carbocycles. The molecule has 1 saturated heterocycles. The summed E-state index contributed by atoms with van der Waals surface area (Å²) in [6, 6.07) is 8.77. The number of hydrogen-bond acceptors (Lipinski definition) is 3. The van der Waals surface area contributed by atoms with Crippen LogP contribution in [0.3, 0.4) is 0 Å². The highest BCUT2D eigenvalue weighted by atomic mass is 15.2. The van der Waals surface area contributed by atoms with Gasteiger partial charge >= 0.3 is 0 Å². The Bertz CT molecular complexity index is 328. The molecule has 88 valence electrons. The molecule has 0 bridgehead atoms. The number of nitrogens with one attached hydrogen (secondary N) is 1. The fraction of sp³-hybridized carbons (Fsp3) is 0.538. The molecule has 1 aromatic rings. The van der Waals surface area contributed by atoms with Gasteiger partial charge in [0.25, 0.3) is 0 Å². The zero-order valence-corrected chi connectivity index (χ0v) is 10.2. The van der Waals surface area contributed by atoms with Gasteiger partial charge in [0.15, 0.2) is 0 Å². The van der Waals surface area contributed by atoms with Crippen molar-refractivity contribution >= 4 is 11.4 Å². The van der Waals surface area contributed by atoms with Gasteiger partial charge in [-0.15, -0.1) is 0 Å². The van der Waals surface area contributed by atoms with E-state index in [1.807, 2.05) is 0 Å². The highest BCUT2D eigenvalue weighted by Crippen LogP contribution is 2.21. The first-order valence-electron chi connectivity index (χ1n) is 6.00. The molecule has 0 spiro atoms. The molecule has 0 aliphatic carbocycles. The van der Waals surface area contributed by atoms with Crippen molar-refractivity contribution in [3.8, 4) is 0 Å². The van der Waals surface area contributed by atoms with E-state index in [1.54, 1.807) is 0 Å². The first-order valence-corrected chi connectivity index (χ1v) is 6.00. The van der Waals surface area contributed by atoms with Gasteiger partial charge in [0, 0.05) is 45.1 Å². The van der Waals surface area contributed by atoms with Crippen molar-refractivity contribution in [2.45, 2.75) is 6.42 Å². The molecule has 1 heterocycles. The van der Waals surface area contributed by atoms with Crippen molar-refractivity contribution in [1.82, 2.24) is 5.32 Å². The van der Waals surface area contributed by atoms with E-state index >= 15 is 0 Å². The molecule has 0 unspecified atom stereocenters. The smallest absolute Gasteiger partial charge is 0.0387 e. The van der Waals surface area contributed by atoms with Crippen LogP contribution in [0.2, 0.25) is 0 Å².